The van der Waals surface area contributed by atoms with E-state index in [4.69, 9.17) is 11.6 Å². The van der Waals surface area contributed by atoms with E-state index in [9.17, 15) is 14.3 Å². The van der Waals surface area contributed by atoms with Crippen LogP contribution in [0.15, 0.2) is 36.4 Å². The van der Waals surface area contributed by atoms with E-state index in [2.05, 4.69) is 16.8 Å². The fourth-order valence-electron chi connectivity index (χ4n) is 5.37. The number of fused-ring (bicyclic) bond motifs is 2. The summed E-state index contributed by atoms with van der Waals surface area (Å²) < 4.78 is 14.0. The molecule has 1 saturated heterocycles. The average Bonchev–Trinajstić information content (AvgIpc) is 3.01. The van der Waals surface area contributed by atoms with E-state index in [0.717, 1.165) is 49.3 Å². The van der Waals surface area contributed by atoms with Gasteiger partial charge in [-0.2, -0.15) is 0 Å². The maximum Gasteiger partial charge on any atom is 0.226 e. The van der Waals surface area contributed by atoms with Crippen molar-refractivity contribution in [3.63, 3.8) is 0 Å². The lowest BCUT2D eigenvalue weighted by Gasteiger charge is -2.41. The SMILES string of the molecule is CN(C)C(=O)C(Cc1cc(O)ccc1Cl)CN1CCC2(CC1)CN(C)c1ccc(F)cc12. The highest BCUT2D eigenvalue weighted by Crippen LogP contribution is 2.46. The van der Waals surface area contributed by atoms with Gasteiger partial charge in [-0.3, -0.25) is 4.79 Å². The molecule has 1 atom stereocenters. The third kappa shape index (κ3) is 4.44. The predicted molar refractivity (Wildman–Crippen MR) is 126 cm³/mol. The molecule has 0 aliphatic carbocycles. The Morgan fingerprint density at radius 1 is 1.22 bits per heavy atom. The maximum absolute atomic E-state index is 14.0. The number of anilines is 1. The van der Waals surface area contributed by atoms with E-state index in [-0.39, 0.29) is 28.8 Å². The van der Waals surface area contributed by atoms with Crippen molar-refractivity contribution < 1.29 is 14.3 Å². The number of halogens is 2. The van der Waals surface area contributed by atoms with Crippen LogP contribution in [-0.4, -0.2) is 68.1 Å². The van der Waals surface area contributed by atoms with Crippen molar-refractivity contribution in [2.45, 2.75) is 24.7 Å². The zero-order valence-electron chi connectivity index (χ0n) is 18.9. The minimum Gasteiger partial charge on any atom is -0.508 e. The van der Waals surface area contributed by atoms with Crippen molar-refractivity contribution in [3.8, 4) is 5.75 Å². The van der Waals surface area contributed by atoms with Gasteiger partial charge in [0, 0.05) is 50.4 Å². The molecule has 1 amide bonds. The summed E-state index contributed by atoms with van der Waals surface area (Å²) in [6, 6.07) is 9.99. The van der Waals surface area contributed by atoms with Crippen LogP contribution in [0.25, 0.3) is 0 Å². The topological polar surface area (TPSA) is 47.0 Å². The van der Waals surface area contributed by atoms with E-state index in [1.54, 1.807) is 43.3 Å². The summed E-state index contributed by atoms with van der Waals surface area (Å²) in [5.41, 5.74) is 2.99. The first-order valence-electron chi connectivity index (χ1n) is 11.1. The average molecular weight is 460 g/mol. The minimum atomic E-state index is -0.255. The highest BCUT2D eigenvalue weighted by molar-refractivity contribution is 6.31. The minimum absolute atomic E-state index is 0.0295. The second-order valence-corrected chi connectivity index (χ2v) is 9.92. The van der Waals surface area contributed by atoms with Crippen molar-refractivity contribution in [1.82, 2.24) is 9.80 Å². The summed E-state index contributed by atoms with van der Waals surface area (Å²) in [7, 11) is 5.61. The number of hydrogen-bond acceptors (Lipinski definition) is 4. The number of likely N-dealkylation sites (N-methyl/N-ethyl adjacent to an activating group) is 1. The fraction of sp³-hybridized carbons (Fsp3) is 0.480. The van der Waals surface area contributed by atoms with Gasteiger partial charge in [-0.1, -0.05) is 11.6 Å². The van der Waals surface area contributed by atoms with Gasteiger partial charge >= 0.3 is 0 Å². The van der Waals surface area contributed by atoms with Gasteiger partial charge in [0.05, 0.1) is 5.92 Å². The molecule has 32 heavy (non-hydrogen) atoms. The summed E-state index contributed by atoms with van der Waals surface area (Å²) in [5.74, 6) is -0.232. The second kappa shape index (κ2) is 8.91. The number of likely N-dealkylation sites (tertiary alicyclic amines) is 1. The first kappa shape index (κ1) is 22.9. The normalized spacial score (nSPS) is 18.6. The van der Waals surface area contributed by atoms with Gasteiger partial charge in [0.15, 0.2) is 0 Å². The smallest absolute Gasteiger partial charge is 0.226 e. The summed E-state index contributed by atoms with van der Waals surface area (Å²) in [5, 5.41) is 10.4. The fourth-order valence-corrected chi connectivity index (χ4v) is 5.57. The van der Waals surface area contributed by atoms with Gasteiger partial charge in [-0.25, -0.2) is 4.39 Å². The number of carbonyl (C=O) groups is 1. The van der Waals surface area contributed by atoms with E-state index in [0.29, 0.717) is 18.0 Å². The van der Waals surface area contributed by atoms with Crippen LogP contribution in [0.5, 0.6) is 5.75 Å². The predicted octanol–water partition coefficient (Wildman–Crippen LogP) is 3.92. The lowest BCUT2D eigenvalue weighted by atomic mass is 9.74. The molecular formula is C25H31ClFN3O2. The maximum atomic E-state index is 14.0. The molecule has 0 radical (unpaired) electrons. The highest BCUT2D eigenvalue weighted by Gasteiger charge is 2.44. The Kier molecular flexibility index (Phi) is 6.37. The van der Waals surface area contributed by atoms with Gasteiger partial charge in [0.25, 0.3) is 0 Å². The van der Waals surface area contributed by atoms with Crippen molar-refractivity contribution in [2.75, 3.05) is 52.2 Å². The van der Waals surface area contributed by atoms with Crippen molar-refractivity contribution in [1.29, 1.82) is 0 Å². The number of phenolic OH excluding ortho intramolecular Hbond substituents is 1. The van der Waals surface area contributed by atoms with Crippen LogP contribution in [0.3, 0.4) is 0 Å². The Hall–Kier alpha value is -2.31. The Balaban J connectivity index is 1.48. The van der Waals surface area contributed by atoms with E-state index >= 15 is 0 Å². The molecule has 0 aromatic heterocycles. The molecule has 0 saturated carbocycles. The number of nitrogens with zero attached hydrogens (tertiary/aromatic N) is 3. The third-order valence-electron chi connectivity index (χ3n) is 7.06. The molecule has 0 bridgehead atoms. The van der Waals surface area contributed by atoms with Gasteiger partial charge in [-0.15, -0.1) is 0 Å². The lowest BCUT2D eigenvalue weighted by molar-refractivity contribution is -0.133. The van der Waals surface area contributed by atoms with Crippen molar-refractivity contribution in [2.24, 2.45) is 5.92 Å². The Morgan fingerprint density at radius 3 is 2.62 bits per heavy atom. The molecule has 2 aliphatic heterocycles. The monoisotopic (exact) mass is 459 g/mol. The number of rotatable bonds is 5. The van der Waals surface area contributed by atoms with E-state index in [1.165, 1.54) is 6.07 Å². The molecule has 2 aliphatic rings. The molecule has 7 heteroatoms. The number of hydrogen-bond donors (Lipinski definition) is 1. The first-order chi connectivity index (χ1) is 15.2. The van der Waals surface area contributed by atoms with E-state index < -0.39 is 0 Å². The van der Waals surface area contributed by atoms with Crippen LogP contribution in [0, 0.1) is 11.7 Å². The molecule has 2 aromatic carbocycles. The van der Waals surface area contributed by atoms with Crippen LogP contribution < -0.4 is 4.90 Å². The van der Waals surface area contributed by atoms with Crippen LogP contribution in [0.2, 0.25) is 5.02 Å². The molecule has 1 fully saturated rings. The van der Waals surface area contributed by atoms with Crippen molar-refractivity contribution in [3.05, 3.63) is 58.4 Å². The van der Waals surface area contributed by atoms with Gasteiger partial charge in [0.1, 0.15) is 11.6 Å². The molecule has 172 valence electrons. The number of piperidine rings is 1. The number of benzene rings is 2. The Bertz CT molecular complexity index is 1000. The van der Waals surface area contributed by atoms with Gasteiger partial charge < -0.3 is 19.8 Å². The zero-order chi connectivity index (χ0) is 23.0. The molecule has 2 heterocycles. The lowest BCUT2D eigenvalue weighted by Crippen LogP contribution is -2.48. The van der Waals surface area contributed by atoms with Gasteiger partial charge in [-0.05, 0) is 79.9 Å². The van der Waals surface area contributed by atoms with E-state index in [1.807, 2.05) is 6.07 Å². The number of carbonyl (C=O) groups excluding carboxylic acids is 1. The van der Waals surface area contributed by atoms with Crippen molar-refractivity contribution >= 4 is 23.2 Å². The standard InChI is InChI=1S/C25H31ClFN3O2/c1-28(2)24(32)18(12-17-13-20(31)5-6-22(17)26)15-30-10-8-25(9-11-30)16-29(3)23-7-4-19(27)14-21(23)25/h4-7,13-14,18,31H,8-12,15-16H2,1-3H3. The highest BCUT2D eigenvalue weighted by atomic mass is 35.5. The summed E-state index contributed by atoms with van der Waals surface area (Å²) in [6.07, 6.45) is 2.34. The Labute approximate surface area is 194 Å². The number of aromatic hydroxyl groups is 1. The van der Waals surface area contributed by atoms with Crippen LogP contribution >= 0.6 is 11.6 Å². The summed E-state index contributed by atoms with van der Waals surface area (Å²) in [4.78, 5) is 19.1. The molecule has 2 aromatic rings. The second-order valence-electron chi connectivity index (χ2n) is 9.51. The third-order valence-corrected chi connectivity index (χ3v) is 7.43. The molecule has 5 nitrogen and oxygen atoms in total. The largest absolute Gasteiger partial charge is 0.508 e. The molecule has 1 N–H and O–H groups in total. The molecular weight excluding hydrogens is 429 g/mol. The van der Waals surface area contributed by atoms with Crippen LogP contribution in [-0.2, 0) is 16.6 Å². The quantitative estimate of drug-likeness (QED) is 0.736. The Morgan fingerprint density at radius 2 is 1.94 bits per heavy atom. The van der Waals surface area contributed by atoms with Gasteiger partial charge in [0.2, 0.25) is 5.91 Å². The molecule has 1 spiro atoms. The summed E-state index contributed by atoms with van der Waals surface area (Å²) in [6.45, 7) is 3.24. The number of amides is 1. The number of phenols is 1. The molecule has 4 rings (SSSR count). The van der Waals surface area contributed by atoms with Crippen LogP contribution in [0.1, 0.15) is 24.0 Å². The summed E-state index contributed by atoms with van der Waals surface area (Å²) >= 11 is 6.34. The first-order valence-corrected chi connectivity index (χ1v) is 11.5. The van der Waals surface area contributed by atoms with Crippen LogP contribution in [0.4, 0.5) is 10.1 Å². The molecule has 1 unspecified atom stereocenters. The zero-order valence-corrected chi connectivity index (χ0v) is 19.7.